The van der Waals surface area contributed by atoms with E-state index in [1.807, 2.05) is 30.3 Å². The van der Waals surface area contributed by atoms with Gasteiger partial charge in [-0.05, 0) is 80.2 Å². The van der Waals surface area contributed by atoms with E-state index in [2.05, 4.69) is 26.5 Å². The predicted molar refractivity (Wildman–Crippen MR) is 158 cm³/mol. The number of benzene rings is 1. The molecular formula is C30H34Cl2N6O2. The second-order valence-electron chi connectivity index (χ2n) is 11.1. The van der Waals surface area contributed by atoms with Gasteiger partial charge in [-0.25, -0.2) is 9.97 Å². The van der Waals surface area contributed by atoms with Crippen molar-refractivity contribution in [3.63, 3.8) is 0 Å². The molecule has 2 N–H and O–H groups in total. The number of pyridine rings is 2. The number of piperidine rings is 1. The molecule has 0 spiro atoms. The maximum Gasteiger partial charge on any atom is 0.220 e. The number of rotatable bonds is 8. The van der Waals surface area contributed by atoms with E-state index in [0.717, 1.165) is 74.7 Å². The summed E-state index contributed by atoms with van der Waals surface area (Å²) in [6.07, 6.45) is 5.06. The van der Waals surface area contributed by atoms with E-state index >= 15 is 0 Å². The first kappa shape index (κ1) is 27.3. The molecule has 2 bridgehead atoms. The number of amides is 1. The van der Waals surface area contributed by atoms with E-state index in [1.165, 1.54) is 6.42 Å². The number of anilines is 1. The fourth-order valence-corrected chi connectivity index (χ4v) is 6.54. The predicted octanol–water partition coefficient (Wildman–Crippen LogP) is 5.14. The molecule has 0 unspecified atom stereocenters. The number of piperazine rings is 1. The van der Waals surface area contributed by atoms with E-state index in [0.29, 0.717) is 39.7 Å². The first-order valence-electron chi connectivity index (χ1n) is 14.0. The van der Waals surface area contributed by atoms with Gasteiger partial charge < -0.3 is 20.3 Å². The zero-order valence-electron chi connectivity index (χ0n) is 22.6. The van der Waals surface area contributed by atoms with Crippen molar-refractivity contribution in [2.45, 2.75) is 44.8 Å². The lowest BCUT2D eigenvalue weighted by Crippen LogP contribution is -2.43. The lowest BCUT2D eigenvalue weighted by Gasteiger charge is -2.32. The van der Waals surface area contributed by atoms with Crippen LogP contribution in [0.15, 0.2) is 48.7 Å². The maximum atomic E-state index is 11.3. The number of nitrogens with zero attached hydrogens (tertiary/aromatic N) is 4. The third-order valence-corrected chi connectivity index (χ3v) is 8.50. The molecule has 3 aromatic rings. The monoisotopic (exact) mass is 580 g/mol. The van der Waals surface area contributed by atoms with Crippen molar-refractivity contribution in [3.05, 3.63) is 64.3 Å². The van der Waals surface area contributed by atoms with E-state index in [4.69, 9.17) is 37.9 Å². The molecule has 10 heteroatoms. The minimum absolute atomic E-state index is 0.0329. The van der Waals surface area contributed by atoms with Gasteiger partial charge in [0.1, 0.15) is 11.6 Å². The summed E-state index contributed by atoms with van der Waals surface area (Å²) in [5.41, 5.74) is 2.69. The number of fused-ring (bicyclic) bond motifs is 2. The Balaban J connectivity index is 1.19. The minimum Gasteiger partial charge on any atom is -0.437 e. The Hall–Kier alpha value is -2.91. The molecule has 3 aliphatic rings. The lowest BCUT2D eigenvalue weighted by molar-refractivity contribution is -0.119. The molecule has 0 radical (unpaired) electrons. The highest BCUT2D eigenvalue weighted by Gasteiger charge is 2.38. The third kappa shape index (κ3) is 6.52. The van der Waals surface area contributed by atoms with Crippen LogP contribution in [0.25, 0.3) is 11.3 Å². The molecule has 5 heterocycles. The highest BCUT2D eigenvalue weighted by Crippen LogP contribution is 2.32. The third-order valence-electron chi connectivity index (χ3n) is 8.07. The molecule has 6 rings (SSSR count). The van der Waals surface area contributed by atoms with Crippen LogP contribution in [0, 0.1) is 5.92 Å². The van der Waals surface area contributed by atoms with Gasteiger partial charge in [0.15, 0.2) is 0 Å². The highest BCUT2D eigenvalue weighted by molar-refractivity contribution is 6.35. The normalized spacial score (nSPS) is 21.1. The van der Waals surface area contributed by atoms with Gasteiger partial charge in [0.25, 0.3) is 0 Å². The molecule has 1 amide bonds. The standard InChI is InChI=1S/C30H34Cl2N6O2/c1-19(39)33-14-20-4-6-37(7-5-20)17-21-8-28(22-10-23(31)12-24(32)11-22)36-30(9-21)40-27-2-3-29(35-16-27)38-18-25-13-26(38)15-34-25/h2-3,8-12,16,20,25-26,34H,4-7,13-15,17-18H2,1H3,(H,33,39)/t25-,26-/m0/s1. The number of likely N-dealkylation sites (tertiary alicyclic amines) is 1. The summed E-state index contributed by atoms with van der Waals surface area (Å²) in [5.74, 6) is 2.68. The van der Waals surface area contributed by atoms with Crippen LogP contribution in [-0.2, 0) is 11.3 Å². The maximum absolute atomic E-state index is 11.3. The fraction of sp³-hybridized carbons (Fsp3) is 0.433. The summed E-state index contributed by atoms with van der Waals surface area (Å²) in [5, 5.41) is 7.61. The summed E-state index contributed by atoms with van der Waals surface area (Å²) in [7, 11) is 0. The van der Waals surface area contributed by atoms with Crippen molar-refractivity contribution in [1.82, 2.24) is 25.5 Å². The van der Waals surface area contributed by atoms with Crippen molar-refractivity contribution in [1.29, 1.82) is 0 Å². The number of carbonyl (C=O) groups is 1. The van der Waals surface area contributed by atoms with Crippen LogP contribution in [-0.4, -0.2) is 65.6 Å². The quantitative estimate of drug-likeness (QED) is 0.381. The molecule has 2 atom stereocenters. The van der Waals surface area contributed by atoms with Gasteiger partial charge in [0, 0.05) is 66.9 Å². The molecule has 0 saturated carbocycles. The number of aromatic nitrogens is 2. The van der Waals surface area contributed by atoms with Crippen LogP contribution in [0.1, 0.15) is 31.7 Å². The van der Waals surface area contributed by atoms with Gasteiger partial charge in [-0.15, -0.1) is 0 Å². The van der Waals surface area contributed by atoms with Gasteiger partial charge in [0.05, 0.1) is 11.9 Å². The average Bonchev–Trinajstić information content (AvgIpc) is 3.57. The van der Waals surface area contributed by atoms with Gasteiger partial charge in [-0.1, -0.05) is 23.2 Å². The van der Waals surface area contributed by atoms with E-state index < -0.39 is 0 Å². The zero-order valence-corrected chi connectivity index (χ0v) is 24.1. The largest absolute Gasteiger partial charge is 0.437 e. The van der Waals surface area contributed by atoms with Crippen LogP contribution in [0.3, 0.4) is 0 Å². The minimum atomic E-state index is 0.0329. The molecule has 3 aliphatic heterocycles. The Labute approximate surface area is 245 Å². The highest BCUT2D eigenvalue weighted by atomic mass is 35.5. The Morgan fingerprint density at radius 1 is 1.12 bits per heavy atom. The molecule has 1 aromatic carbocycles. The Morgan fingerprint density at radius 2 is 1.93 bits per heavy atom. The topological polar surface area (TPSA) is 82.6 Å². The van der Waals surface area contributed by atoms with Gasteiger partial charge in [0.2, 0.25) is 11.8 Å². The second kappa shape index (κ2) is 11.9. The molecule has 210 valence electrons. The number of halogens is 2. The number of ether oxygens (including phenoxy) is 1. The Kier molecular flexibility index (Phi) is 8.12. The molecule has 3 fully saturated rings. The van der Waals surface area contributed by atoms with Crippen molar-refractivity contribution in [2.75, 3.05) is 37.6 Å². The van der Waals surface area contributed by atoms with Crippen molar-refractivity contribution in [2.24, 2.45) is 5.92 Å². The summed E-state index contributed by atoms with van der Waals surface area (Å²) >= 11 is 12.6. The van der Waals surface area contributed by atoms with Crippen LogP contribution in [0.2, 0.25) is 10.0 Å². The summed E-state index contributed by atoms with van der Waals surface area (Å²) in [6, 6.07) is 14.6. The fourth-order valence-electron chi connectivity index (χ4n) is 6.01. The van der Waals surface area contributed by atoms with Crippen LogP contribution in [0.4, 0.5) is 5.82 Å². The Bertz CT molecular complexity index is 1340. The summed E-state index contributed by atoms with van der Waals surface area (Å²) in [4.78, 5) is 25.6. The summed E-state index contributed by atoms with van der Waals surface area (Å²) < 4.78 is 6.25. The van der Waals surface area contributed by atoms with Gasteiger partial charge in [-0.3, -0.25) is 9.69 Å². The molecule has 3 saturated heterocycles. The van der Waals surface area contributed by atoms with Gasteiger partial charge in [-0.2, -0.15) is 0 Å². The molecular weight excluding hydrogens is 547 g/mol. The van der Waals surface area contributed by atoms with Crippen molar-refractivity contribution >= 4 is 34.9 Å². The van der Waals surface area contributed by atoms with Crippen molar-refractivity contribution in [3.8, 4) is 22.9 Å². The zero-order chi connectivity index (χ0) is 27.6. The lowest BCUT2D eigenvalue weighted by atomic mass is 9.96. The van der Waals surface area contributed by atoms with Gasteiger partial charge >= 0.3 is 0 Å². The second-order valence-corrected chi connectivity index (χ2v) is 12.0. The Morgan fingerprint density at radius 3 is 2.58 bits per heavy atom. The number of carbonyl (C=O) groups excluding carboxylic acids is 1. The summed E-state index contributed by atoms with van der Waals surface area (Å²) in [6.45, 7) is 7.05. The van der Waals surface area contributed by atoms with Crippen LogP contribution >= 0.6 is 23.2 Å². The molecule has 40 heavy (non-hydrogen) atoms. The molecule has 2 aromatic heterocycles. The first-order chi connectivity index (χ1) is 19.4. The van der Waals surface area contributed by atoms with Crippen LogP contribution in [0.5, 0.6) is 11.6 Å². The smallest absolute Gasteiger partial charge is 0.220 e. The van der Waals surface area contributed by atoms with Crippen molar-refractivity contribution < 1.29 is 9.53 Å². The number of hydrogen-bond acceptors (Lipinski definition) is 7. The molecule has 8 nitrogen and oxygen atoms in total. The van der Waals surface area contributed by atoms with Crippen LogP contribution < -0.4 is 20.3 Å². The number of hydrogen-bond donors (Lipinski definition) is 2. The number of nitrogens with one attached hydrogen (secondary N) is 2. The average molecular weight is 582 g/mol. The van der Waals surface area contributed by atoms with E-state index in [9.17, 15) is 4.79 Å². The van der Waals surface area contributed by atoms with E-state index in [-0.39, 0.29) is 5.91 Å². The van der Waals surface area contributed by atoms with E-state index in [1.54, 1.807) is 19.2 Å². The first-order valence-corrected chi connectivity index (χ1v) is 14.7. The SMILES string of the molecule is CC(=O)NCC1CCN(Cc2cc(Oc3ccc(N4C[C@@H]5C[C@H]4CN5)nc3)nc(-c3cc(Cl)cc(Cl)c3)c2)CC1. The molecule has 0 aliphatic carbocycles.